The van der Waals surface area contributed by atoms with E-state index in [2.05, 4.69) is 13.5 Å². The first-order chi connectivity index (χ1) is 9.27. The first kappa shape index (κ1) is 13.4. The van der Waals surface area contributed by atoms with Gasteiger partial charge in [0.15, 0.2) is 0 Å². The summed E-state index contributed by atoms with van der Waals surface area (Å²) >= 11 is 0. The van der Waals surface area contributed by atoms with Crippen molar-refractivity contribution in [3.8, 4) is 0 Å². The van der Waals surface area contributed by atoms with Crippen LogP contribution in [0.3, 0.4) is 0 Å². The van der Waals surface area contributed by atoms with Crippen LogP contribution in [0.25, 0.3) is 0 Å². The second kappa shape index (κ2) is 6.23. The number of cyclic esters (lactones) is 1. The molecule has 1 atom stereocenters. The topological polar surface area (TPSA) is 29.5 Å². The Hall–Kier alpha value is -2.03. The number of amides is 1. The van der Waals surface area contributed by atoms with Gasteiger partial charge in [0.1, 0.15) is 6.61 Å². The van der Waals surface area contributed by atoms with Gasteiger partial charge in [0.25, 0.3) is 0 Å². The SMILES string of the molecule is C=C/C(=C\CCC)N1C(=O)OC[C@H]1c1ccccc1. The largest absolute Gasteiger partial charge is 0.447 e. The maximum atomic E-state index is 11.9. The van der Waals surface area contributed by atoms with E-state index in [1.807, 2.05) is 36.4 Å². The molecule has 0 aliphatic carbocycles. The molecule has 0 saturated carbocycles. The number of unbranched alkanes of at least 4 members (excludes halogenated alkanes) is 1. The molecular formula is C16H19NO2. The molecule has 0 radical (unpaired) electrons. The number of benzene rings is 1. The summed E-state index contributed by atoms with van der Waals surface area (Å²) in [7, 11) is 0. The second-order valence-corrected chi connectivity index (χ2v) is 4.50. The lowest BCUT2D eigenvalue weighted by atomic mass is 10.1. The normalized spacial score (nSPS) is 19.4. The molecule has 1 saturated heterocycles. The molecule has 19 heavy (non-hydrogen) atoms. The highest BCUT2D eigenvalue weighted by Gasteiger charge is 2.35. The van der Waals surface area contributed by atoms with Crippen LogP contribution in [0, 0.1) is 0 Å². The smallest absolute Gasteiger partial charge is 0.415 e. The predicted octanol–water partition coefficient (Wildman–Crippen LogP) is 4.05. The van der Waals surface area contributed by atoms with Crippen LogP contribution in [-0.4, -0.2) is 17.6 Å². The quantitative estimate of drug-likeness (QED) is 0.745. The summed E-state index contributed by atoms with van der Waals surface area (Å²) in [6, 6.07) is 9.88. The average molecular weight is 257 g/mol. The Morgan fingerprint density at radius 2 is 2.21 bits per heavy atom. The van der Waals surface area contributed by atoms with Crippen molar-refractivity contribution in [2.75, 3.05) is 6.61 Å². The summed E-state index contributed by atoms with van der Waals surface area (Å²) < 4.78 is 5.19. The van der Waals surface area contributed by atoms with Crippen molar-refractivity contribution in [1.82, 2.24) is 4.90 Å². The van der Waals surface area contributed by atoms with E-state index in [0.29, 0.717) is 6.61 Å². The van der Waals surface area contributed by atoms with Crippen LogP contribution < -0.4 is 0 Å². The zero-order chi connectivity index (χ0) is 13.7. The standard InChI is InChI=1S/C16H19NO2/c1-3-5-11-14(4-2)17-15(12-19-16(17)18)13-9-7-6-8-10-13/h4,6-11,15H,2-3,5,12H2,1H3/b14-11+/t15-/m0/s1. The average Bonchev–Trinajstić information content (AvgIpc) is 2.83. The number of rotatable bonds is 5. The van der Waals surface area contributed by atoms with Crippen molar-refractivity contribution in [2.24, 2.45) is 0 Å². The third-order valence-electron chi connectivity index (χ3n) is 3.19. The maximum absolute atomic E-state index is 11.9. The Bertz CT molecular complexity index is 479. The van der Waals surface area contributed by atoms with Gasteiger partial charge in [0.05, 0.1) is 6.04 Å². The second-order valence-electron chi connectivity index (χ2n) is 4.50. The van der Waals surface area contributed by atoms with Crippen LogP contribution in [-0.2, 0) is 4.74 Å². The van der Waals surface area contributed by atoms with Gasteiger partial charge in [-0.15, -0.1) is 0 Å². The van der Waals surface area contributed by atoms with E-state index < -0.39 is 0 Å². The van der Waals surface area contributed by atoms with Crippen LogP contribution >= 0.6 is 0 Å². The predicted molar refractivity (Wildman–Crippen MR) is 75.6 cm³/mol. The molecule has 0 bridgehead atoms. The Morgan fingerprint density at radius 1 is 1.47 bits per heavy atom. The highest BCUT2D eigenvalue weighted by molar-refractivity contribution is 5.73. The fourth-order valence-electron chi connectivity index (χ4n) is 2.20. The minimum Gasteiger partial charge on any atom is -0.447 e. The van der Waals surface area contributed by atoms with Crippen molar-refractivity contribution in [3.63, 3.8) is 0 Å². The number of hydrogen-bond acceptors (Lipinski definition) is 2. The van der Waals surface area contributed by atoms with Gasteiger partial charge < -0.3 is 4.74 Å². The third-order valence-corrected chi connectivity index (χ3v) is 3.19. The summed E-state index contributed by atoms with van der Waals surface area (Å²) in [6.45, 7) is 6.30. The van der Waals surface area contributed by atoms with Crippen molar-refractivity contribution < 1.29 is 9.53 Å². The summed E-state index contributed by atoms with van der Waals surface area (Å²) in [4.78, 5) is 13.6. The molecular weight excluding hydrogens is 238 g/mol. The number of carbonyl (C=O) groups is 1. The van der Waals surface area contributed by atoms with Gasteiger partial charge in [0.2, 0.25) is 0 Å². The molecule has 100 valence electrons. The first-order valence-corrected chi connectivity index (χ1v) is 6.61. The Balaban J connectivity index is 2.29. The number of carbonyl (C=O) groups excluding carboxylic acids is 1. The molecule has 1 aliphatic rings. The van der Waals surface area contributed by atoms with Crippen molar-refractivity contribution in [2.45, 2.75) is 25.8 Å². The van der Waals surface area contributed by atoms with Gasteiger partial charge in [0, 0.05) is 5.70 Å². The monoisotopic (exact) mass is 257 g/mol. The summed E-state index contributed by atoms with van der Waals surface area (Å²) in [6.07, 6.45) is 5.42. The minimum atomic E-state index is -0.295. The molecule has 0 spiro atoms. The lowest BCUT2D eigenvalue weighted by molar-refractivity contribution is 0.165. The molecule has 3 heteroatoms. The highest BCUT2D eigenvalue weighted by Crippen LogP contribution is 2.31. The zero-order valence-corrected chi connectivity index (χ0v) is 11.2. The van der Waals surface area contributed by atoms with Gasteiger partial charge >= 0.3 is 6.09 Å². The first-order valence-electron chi connectivity index (χ1n) is 6.61. The molecule has 1 heterocycles. The van der Waals surface area contributed by atoms with E-state index in [9.17, 15) is 4.79 Å². The Labute approximate surface area is 114 Å². The molecule has 2 rings (SSSR count). The Morgan fingerprint density at radius 3 is 2.84 bits per heavy atom. The third kappa shape index (κ3) is 2.87. The van der Waals surface area contributed by atoms with E-state index in [0.717, 1.165) is 24.1 Å². The lowest BCUT2D eigenvalue weighted by Crippen LogP contribution is -2.26. The molecule has 0 aromatic heterocycles. The van der Waals surface area contributed by atoms with Gasteiger partial charge in [-0.3, -0.25) is 4.90 Å². The van der Waals surface area contributed by atoms with E-state index in [1.165, 1.54) is 0 Å². The van der Waals surface area contributed by atoms with Crippen LogP contribution in [0.5, 0.6) is 0 Å². The maximum Gasteiger partial charge on any atom is 0.415 e. The Kier molecular flexibility index (Phi) is 4.39. The van der Waals surface area contributed by atoms with Gasteiger partial charge in [-0.25, -0.2) is 4.79 Å². The van der Waals surface area contributed by atoms with E-state index in [-0.39, 0.29) is 12.1 Å². The number of nitrogens with zero attached hydrogens (tertiary/aromatic N) is 1. The lowest BCUT2D eigenvalue weighted by Gasteiger charge is -2.22. The van der Waals surface area contributed by atoms with E-state index in [1.54, 1.807) is 11.0 Å². The number of hydrogen-bond donors (Lipinski definition) is 0. The van der Waals surface area contributed by atoms with Crippen molar-refractivity contribution in [3.05, 3.63) is 60.3 Å². The molecule has 0 unspecified atom stereocenters. The summed E-state index contributed by atoms with van der Waals surface area (Å²) in [5, 5.41) is 0. The van der Waals surface area contributed by atoms with E-state index >= 15 is 0 Å². The molecule has 1 amide bonds. The summed E-state index contributed by atoms with van der Waals surface area (Å²) in [5.41, 5.74) is 1.91. The van der Waals surface area contributed by atoms with Crippen LogP contribution in [0.1, 0.15) is 31.4 Å². The molecule has 0 N–H and O–H groups in total. The molecule has 1 aromatic rings. The molecule has 3 nitrogen and oxygen atoms in total. The summed E-state index contributed by atoms with van der Waals surface area (Å²) in [5.74, 6) is 0. The molecule has 1 fully saturated rings. The highest BCUT2D eigenvalue weighted by atomic mass is 16.6. The van der Waals surface area contributed by atoms with Crippen LogP contribution in [0.15, 0.2) is 54.8 Å². The van der Waals surface area contributed by atoms with Gasteiger partial charge in [-0.05, 0) is 18.1 Å². The fourth-order valence-corrected chi connectivity index (χ4v) is 2.20. The van der Waals surface area contributed by atoms with Crippen molar-refractivity contribution in [1.29, 1.82) is 0 Å². The van der Waals surface area contributed by atoms with Crippen LogP contribution in [0.4, 0.5) is 4.79 Å². The zero-order valence-electron chi connectivity index (χ0n) is 11.2. The number of ether oxygens (including phenoxy) is 1. The van der Waals surface area contributed by atoms with Crippen LogP contribution in [0.2, 0.25) is 0 Å². The molecule has 1 aromatic carbocycles. The van der Waals surface area contributed by atoms with Crippen molar-refractivity contribution >= 4 is 6.09 Å². The van der Waals surface area contributed by atoms with E-state index in [4.69, 9.17) is 4.74 Å². The molecule has 1 aliphatic heterocycles. The minimum absolute atomic E-state index is 0.0604. The van der Waals surface area contributed by atoms with Gasteiger partial charge in [-0.2, -0.15) is 0 Å². The fraction of sp³-hybridized carbons (Fsp3) is 0.312. The number of allylic oxidation sites excluding steroid dienone is 2. The van der Waals surface area contributed by atoms with Gasteiger partial charge in [-0.1, -0.05) is 56.3 Å².